The Morgan fingerprint density at radius 2 is 2.25 bits per heavy atom. The molecule has 2 rings (SSSR count). The lowest BCUT2D eigenvalue weighted by molar-refractivity contribution is 0.0550. The predicted octanol–water partition coefficient (Wildman–Crippen LogP) is 3.10. The smallest absolute Gasteiger partial charge is 0.270 e. The molecular weight excluding hydrogens is 276 g/mol. The van der Waals surface area contributed by atoms with Gasteiger partial charge in [0, 0.05) is 31.4 Å². The number of hydrogen-bond acceptors (Lipinski definition) is 2. The van der Waals surface area contributed by atoms with Crippen LogP contribution in [-0.2, 0) is 0 Å². The van der Waals surface area contributed by atoms with Crippen LogP contribution in [0.5, 0.6) is 0 Å². The van der Waals surface area contributed by atoms with Crippen molar-refractivity contribution in [1.82, 2.24) is 9.47 Å². The molecule has 0 spiro atoms. The highest BCUT2D eigenvalue weighted by Crippen LogP contribution is 2.28. The van der Waals surface area contributed by atoms with Gasteiger partial charge in [-0.25, -0.2) is 0 Å². The largest absolute Gasteiger partial charge is 0.396 e. The van der Waals surface area contributed by atoms with Gasteiger partial charge in [-0.2, -0.15) is 0 Å². The maximum Gasteiger partial charge on any atom is 0.270 e. The van der Waals surface area contributed by atoms with Crippen molar-refractivity contribution in [3.8, 4) is 0 Å². The van der Waals surface area contributed by atoms with Crippen LogP contribution >= 0.6 is 11.6 Å². The molecule has 1 saturated carbocycles. The minimum Gasteiger partial charge on any atom is -0.396 e. The van der Waals surface area contributed by atoms with E-state index >= 15 is 0 Å². The van der Waals surface area contributed by atoms with E-state index in [0.717, 1.165) is 12.8 Å². The zero-order valence-corrected chi connectivity index (χ0v) is 12.9. The lowest BCUT2D eigenvalue weighted by Crippen LogP contribution is -2.45. The lowest BCUT2D eigenvalue weighted by Gasteiger charge is -2.37. The molecule has 0 radical (unpaired) electrons. The molecular formula is C15H23ClN2O2. The molecule has 1 aromatic rings. The van der Waals surface area contributed by atoms with Crippen molar-refractivity contribution >= 4 is 17.5 Å². The Morgan fingerprint density at radius 1 is 1.55 bits per heavy atom. The molecule has 1 heterocycles. The number of halogens is 1. The van der Waals surface area contributed by atoms with E-state index in [4.69, 9.17) is 16.7 Å². The van der Waals surface area contributed by atoms with Crippen molar-refractivity contribution in [2.75, 3.05) is 13.2 Å². The summed E-state index contributed by atoms with van der Waals surface area (Å²) in [4.78, 5) is 14.7. The van der Waals surface area contributed by atoms with Gasteiger partial charge < -0.3 is 14.6 Å². The molecule has 0 saturated heterocycles. The maximum atomic E-state index is 12.8. The summed E-state index contributed by atoms with van der Waals surface area (Å²) in [6, 6.07) is 2.26. The maximum absolute atomic E-state index is 12.8. The fourth-order valence-electron chi connectivity index (χ4n) is 2.58. The highest BCUT2D eigenvalue weighted by molar-refractivity contribution is 6.31. The Hall–Kier alpha value is -1.00. The number of carbonyl (C=O) groups is 1. The fourth-order valence-corrected chi connectivity index (χ4v) is 2.79. The summed E-state index contributed by atoms with van der Waals surface area (Å²) >= 11 is 6.06. The average Bonchev–Trinajstić information content (AvgIpc) is 2.73. The lowest BCUT2D eigenvalue weighted by atomic mass is 9.91. The molecule has 0 aliphatic heterocycles. The molecule has 0 aromatic carbocycles. The molecule has 5 heteroatoms. The van der Waals surface area contributed by atoms with Crippen molar-refractivity contribution in [2.45, 2.75) is 51.6 Å². The second kappa shape index (κ2) is 6.64. The Kier molecular flexibility index (Phi) is 5.11. The third-order valence-corrected chi connectivity index (χ3v) is 4.13. The summed E-state index contributed by atoms with van der Waals surface area (Å²) in [7, 11) is 0. The van der Waals surface area contributed by atoms with Crippen LogP contribution in [0.25, 0.3) is 0 Å². The molecule has 0 unspecified atom stereocenters. The number of aromatic nitrogens is 1. The standard InChI is InChI=1S/C15H23ClN2O2/c1-11(2)18-10-12(16)9-14(18)15(20)17(7-4-8-19)13-5-3-6-13/h9-11,13,19H,3-8H2,1-2H3. The second-order valence-corrected chi connectivity index (χ2v) is 6.14. The van der Waals surface area contributed by atoms with E-state index in [0.29, 0.717) is 29.7 Å². The topological polar surface area (TPSA) is 45.5 Å². The van der Waals surface area contributed by atoms with Gasteiger partial charge in [0.1, 0.15) is 5.69 Å². The number of aliphatic hydroxyl groups excluding tert-OH is 1. The number of aliphatic hydroxyl groups is 1. The van der Waals surface area contributed by atoms with Gasteiger partial charge in [-0.05, 0) is 45.6 Å². The number of hydrogen-bond donors (Lipinski definition) is 1. The number of amides is 1. The fraction of sp³-hybridized carbons (Fsp3) is 0.667. The zero-order chi connectivity index (χ0) is 14.7. The van der Waals surface area contributed by atoms with Crippen LogP contribution in [0.15, 0.2) is 12.3 Å². The van der Waals surface area contributed by atoms with Crippen LogP contribution in [0.2, 0.25) is 5.02 Å². The highest BCUT2D eigenvalue weighted by atomic mass is 35.5. The molecule has 1 fully saturated rings. The summed E-state index contributed by atoms with van der Waals surface area (Å²) in [5.74, 6) is 0.0313. The first-order valence-electron chi connectivity index (χ1n) is 7.33. The van der Waals surface area contributed by atoms with E-state index in [1.807, 2.05) is 29.5 Å². The molecule has 1 N–H and O–H groups in total. The normalized spacial score (nSPS) is 15.4. The molecule has 0 atom stereocenters. The van der Waals surface area contributed by atoms with Gasteiger partial charge >= 0.3 is 0 Å². The minimum absolute atomic E-state index is 0.0313. The average molecular weight is 299 g/mol. The van der Waals surface area contributed by atoms with E-state index in [1.165, 1.54) is 6.42 Å². The third-order valence-electron chi connectivity index (χ3n) is 3.92. The summed E-state index contributed by atoms with van der Waals surface area (Å²) < 4.78 is 1.93. The molecule has 4 nitrogen and oxygen atoms in total. The highest BCUT2D eigenvalue weighted by Gasteiger charge is 2.30. The quantitative estimate of drug-likeness (QED) is 0.877. The molecule has 0 bridgehead atoms. The van der Waals surface area contributed by atoms with E-state index in [1.54, 1.807) is 6.07 Å². The van der Waals surface area contributed by atoms with E-state index in [9.17, 15) is 4.79 Å². The molecule has 1 aliphatic carbocycles. The van der Waals surface area contributed by atoms with Crippen LogP contribution in [0.3, 0.4) is 0 Å². The van der Waals surface area contributed by atoms with Crippen LogP contribution in [0.1, 0.15) is 56.1 Å². The summed E-state index contributed by atoms with van der Waals surface area (Å²) in [5.41, 5.74) is 0.648. The van der Waals surface area contributed by atoms with Gasteiger partial charge in [0.25, 0.3) is 5.91 Å². The summed E-state index contributed by atoms with van der Waals surface area (Å²) in [6.07, 6.45) is 5.74. The van der Waals surface area contributed by atoms with Crippen LogP contribution in [0.4, 0.5) is 0 Å². The van der Waals surface area contributed by atoms with Crippen LogP contribution in [-0.4, -0.2) is 39.7 Å². The number of rotatable bonds is 6. The first kappa shape index (κ1) is 15.4. The van der Waals surface area contributed by atoms with Crippen LogP contribution < -0.4 is 0 Å². The zero-order valence-electron chi connectivity index (χ0n) is 12.2. The van der Waals surface area contributed by atoms with Crippen molar-refractivity contribution in [3.05, 3.63) is 23.0 Å². The van der Waals surface area contributed by atoms with Crippen molar-refractivity contribution in [3.63, 3.8) is 0 Å². The van der Waals surface area contributed by atoms with Gasteiger partial charge in [0.05, 0.1) is 5.02 Å². The third kappa shape index (κ3) is 3.18. The molecule has 1 aliphatic rings. The Bertz CT molecular complexity index is 466. The van der Waals surface area contributed by atoms with Crippen molar-refractivity contribution < 1.29 is 9.90 Å². The minimum atomic E-state index is 0.0313. The number of nitrogens with zero attached hydrogens (tertiary/aromatic N) is 2. The van der Waals surface area contributed by atoms with Gasteiger partial charge in [-0.1, -0.05) is 11.6 Å². The molecule has 112 valence electrons. The van der Waals surface area contributed by atoms with Gasteiger partial charge in [-0.3, -0.25) is 4.79 Å². The summed E-state index contributed by atoms with van der Waals surface area (Å²) in [5, 5.41) is 9.62. The van der Waals surface area contributed by atoms with E-state index in [-0.39, 0.29) is 18.6 Å². The molecule has 1 amide bonds. The second-order valence-electron chi connectivity index (χ2n) is 5.71. The molecule has 1 aromatic heterocycles. The Labute approximate surface area is 125 Å². The van der Waals surface area contributed by atoms with Crippen LogP contribution in [0, 0.1) is 0 Å². The SMILES string of the molecule is CC(C)n1cc(Cl)cc1C(=O)N(CCCO)C1CCC1. The predicted molar refractivity (Wildman–Crippen MR) is 80.2 cm³/mol. The van der Waals surface area contributed by atoms with E-state index in [2.05, 4.69) is 0 Å². The van der Waals surface area contributed by atoms with E-state index < -0.39 is 0 Å². The molecule has 20 heavy (non-hydrogen) atoms. The summed E-state index contributed by atoms with van der Waals surface area (Å²) in [6.45, 7) is 4.80. The van der Waals surface area contributed by atoms with Gasteiger partial charge in [0.2, 0.25) is 0 Å². The van der Waals surface area contributed by atoms with Crippen molar-refractivity contribution in [1.29, 1.82) is 0 Å². The van der Waals surface area contributed by atoms with Gasteiger partial charge in [-0.15, -0.1) is 0 Å². The Balaban J connectivity index is 2.21. The Morgan fingerprint density at radius 3 is 2.75 bits per heavy atom. The first-order valence-corrected chi connectivity index (χ1v) is 7.71. The van der Waals surface area contributed by atoms with Crippen molar-refractivity contribution in [2.24, 2.45) is 0 Å². The first-order chi connectivity index (χ1) is 9.54. The monoisotopic (exact) mass is 298 g/mol. The number of carbonyl (C=O) groups excluding carboxylic acids is 1. The van der Waals surface area contributed by atoms with Gasteiger partial charge in [0.15, 0.2) is 0 Å².